The molecule has 1 heterocycles. The lowest BCUT2D eigenvalue weighted by atomic mass is 10.0. The summed E-state index contributed by atoms with van der Waals surface area (Å²) in [5.41, 5.74) is -0.457. The average Bonchev–Trinajstić information content (AvgIpc) is 2.58. The maximum absolute atomic E-state index is 12.3. The Bertz CT molecular complexity index is 503. The summed E-state index contributed by atoms with van der Waals surface area (Å²) in [6.07, 6.45) is 1.70. The molecule has 0 fully saturated rings. The standard InChI is InChI=1S/C12H21NO3S2/c1-5-6-12(3,4)13-18(15,16)11-7-10(8-14)17-9(11)2/h7,13-14H,5-6,8H2,1-4H3. The fourth-order valence-corrected chi connectivity index (χ4v) is 4.90. The topological polar surface area (TPSA) is 66.4 Å². The van der Waals surface area contributed by atoms with Crippen LogP contribution in [0.15, 0.2) is 11.0 Å². The SMILES string of the molecule is CCCC(C)(C)NS(=O)(=O)c1cc(CO)sc1C. The maximum atomic E-state index is 12.3. The van der Waals surface area contributed by atoms with Crippen molar-refractivity contribution in [1.29, 1.82) is 0 Å². The van der Waals surface area contributed by atoms with Crippen molar-refractivity contribution in [1.82, 2.24) is 4.72 Å². The Morgan fingerprint density at radius 2 is 2.06 bits per heavy atom. The number of nitrogens with one attached hydrogen (secondary N) is 1. The molecule has 0 spiro atoms. The Kier molecular flexibility index (Phi) is 4.94. The van der Waals surface area contributed by atoms with Crippen molar-refractivity contribution in [3.8, 4) is 0 Å². The first-order chi connectivity index (χ1) is 8.22. The summed E-state index contributed by atoms with van der Waals surface area (Å²) < 4.78 is 27.3. The molecular formula is C12H21NO3S2. The predicted octanol–water partition coefficient (Wildman–Crippen LogP) is 2.41. The van der Waals surface area contributed by atoms with E-state index in [0.717, 1.165) is 12.8 Å². The van der Waals surface area contributed by atoms with Gasteiger partial charge in [0.1, 0.15) is 0 Å². The van der Waals surface area contributed by atoms with Crippen molar-refractivity contribution < 1.29 is 13.5 Å². The number of aliphatic hydroxyl groups excluding tert-OH is 1. The van der Waals surface area contributed by atoms with Crippen LogP contribution in [0.2, 0.25) is 0 Å². The number of thiophene rings is 1. The third kappa shape index (κ3) is 3.78. The van der Waals surface area contributed by atoms with Crippen molar-refractivity contribution in [2.75, 3.05) is 0 Å². The van der Waals surface area contributed by atoms with Gasteiger partial charge in [-0.15, -0.1) is 11.3 Å². The summed E-state index contributed by atoms with van der Waals surface area (Å²) >= 11 is 1.31. The summed E-state index contributed by atoms with van der Waals surface area (Å²) in [5.74, 6) is 0. The van der Waals surface area contributed by atoms with Crippen LogP contribution in [0.4, 0.5) is 0 Å². The number of rotatable bonds is 6. The zero-order valence-corrected chi connectivity index (χ0v) is 12.9. The van der Waals surface area contributed by atoms with Crippen LogP contribution in [0.25, 0.3) is 0 Å². The third-order valence-corrected chi connectivity index (χ3v) is 5.64. The second-order valence-corrected chi connectivity index (χ2v) is 8.02. The van der Waals surface area contributed by atoms with E-state index in [1.54, 1.807) is 13.0 Å². The number of hydrogen-bond acceptors (Lipinski definition) is 4. The fourth-order valence-electron chi connectivity index (χ4n) is 1.96. The zero-order valence-electron chi connectivity index (χ0n) is 11.3. The molecule has 0 atom stereocenters. The van der Waals surface area contributed by atoms with Crippen molar-refractivity contribution in [2.45, 2.75) is 57.6 Å². The highest BCUT2D eigenvalue weighted by atomic mass is 32.2. The van der Waals surface area contributed by atoms with Gasteiger partial charge in [0.15, 0.2) is 0 Å². The van der Waals surface area contributed by atoms with Crippen molar-refractivity contribution in [3.63, 3.8) is 0 Å². The molecule has 6 heteroatoms. The minimum Gasteiger partial charge on any atom is -0.391 e. The van der Waals surface area contributed by atoms with Gasteiger partial charge in [-0.05, 0) is 33.3 Å². The van der Waals surface area contributed by atoms with Crippen LogP contribution in [-0.4, -0.2) is 19.1 Å². The molecule has 18 heavy (non-hydrogen) atoms. The minimum absolute atomic E-state index is 0.126. The van der Waals surface area contributed by atoms with E-state index in [0.29, 0.717) is 9.75 Å². The smallest absolute Gasteiger partial charge is 0.242 e. The predicted molar refractivity (Wildman–Crippen MR) is 74.3 cm³/mol. The average molecular weight is 291 g/mol. The Hall–Kier alpha value is -0.430. The van der Waals surface area contributed by atoms with E-state index >= 15 is 0 Å². The monoisotopic (exact) mass is 291 g/mol. The Labute approximate surface area is 113 Å². The Morgan fingerprint density at radius 1 is 1.44 bits per heavy atom. The number of aryl methyl sites for hydroxylation is 1. The lowest BCUT2D eigenvalue weighted by molar-refractivity contribution is 0.285. The third-order valence-electron chi connectivity index (χ3n) is 2.65. The molecule has 0 radical (unpaired) electrons. The van der Waals surface area contributed by atoms with Crippen molar-refractivity contribution >= 4 is 21.4 Å². The van der Waals surface area contributed by atoms with Crippen molar-refractivity contribution in [3.05, 3.63) is 15.8 Å². The molecule has 1 rings (SSSR count). The van der Waals surface area contributed by atoms with Gasteiger partial charge < -0.3 is 5.11 Å². The normalized spacial score (nSPS) is 12.9. The van der Waals surface area contributed by atoms with E-state index in [1.165, 1.54) is 11.3 Å². The molecule has 0 saturated carbocycles. The van der Waals surface area contributed by atoms with Gasteiger partial charge in [-0.3, -0.25) is 0 Å². The molecule has 0 aliphatic heterocycles. The summed E-state index contributed by atoms with van der Waals surface area (Å²) in [4.78, 5) is 1.65. The largest absolute Gasteiger partial charge is 0.391 e. The molecule has 1 aromatic heterocycles. The molecule has 0 aromatic carbocycles. The highest BCUT2D eigenvalue weighted by Gasteiger charge is 2.27. The zero-order chi connectivity index (χ0) is 14.0. The lowest BCUT2D eigenvalue weighted by Crippen LogP contribution is -2.43. The lowest BCUT2D eigenvalue weighted by Gasteiger charge is -2.25. The molecule has 0 aliphatic carbocycles. The van der Waals surface area contributed by atoms with Gasteiger partial charge in [-0.25, -0.2) is 13.1 Å². The first-order valence-electron chi connectivity index (χ1n) is 5.96. The molecule has 0 amide bonds. The summed E-state index contributed by atoms with van der Waals surface area (Å²) in [6.45, 7) is 7.41. The van der Waals surface area contributed by atoms with Gasteiger partial charge in [0.2, 0.25) is 10.0 Å². The Morgan fingerprint density at radius 3 is 2.50 bits per heavy atom. The van der Waals surface area contributed by atoms with E-state index in [1.807, 2.05) is 20.8 Å². The van der Waals surface area contributed by atoms with Gasteiger partial charge in [-0.2, -0.15) is 0 Å². The molecular weight excluding hydrogens is 270 g/mol. The van der Waals surface area contributed by atoms with Gasteiger partial charge in [-0.1, -0.05) is 13.3 Å². The van der Waals surface area contributed by atoms with Crippen LogP contribution in [0.3, 0.4) is 0 Å². The van der Waals surface area contributed by atoms with E-state index < -0.39 is 15.6 Å². The van der Waals surface area contributed by atoms with Crippen LogP contribution in [-0.2, 0) is 16.6 Å². The quantitative estimate of drug-likeness (QED) is 0.846. The van der Waals surface area contributed by atoms with E-state index in [9.17, 15) is 8.42 Å². The number of sulfonamides is 1. The molecule has 2 N–H and O–H groups in total. The summed E-state index contributed by atoms with van der Waals surface area (Å²) in [6, 6.07) is 1.55. The highest BCUT2D eigenvalue weighted by Crippen LogP contribution is 2.27. The molecule has 0 aliphatic rings. The van der Waals surface area contributed by atoms with E-state index in [4.69, 9.17) is 5.11 Å². The van der Waals surface area contributed by atoms with Gasteiger partial charge in [0.05, 0.1) is 11.5 Å². The first-order valence-corrected chi connectivity index (χ1v) is 8.26. The second-order valence-electron chi connectivity index (χ2n) is 5.03. The van der Waals surface area contributed by atoms with E-state index in [2.05, 4.69) is 4.72 Å². The Balaban J connectivity index is 3.03. The van der Waals surface area contributed by atoms with Crippen LogP contribution in [0.5, 0.6) is 0 Å². The van der Waals surface area contributed by atoms with Gasteiger partial charge >= 0.3 is 0 Å². The number of hydrogen-bond donors (Lipinski definition) is 2. The molecule has 0 unspecified atom stereocenters. The molecule has 4 nitrogen and oxygen atoms in total. The summed E-state index contributed by atoms with van der Waals surface area (Å²) in [7, 11) is -3.51. The minimum atomic E-state index is -3.51. The van der Waals surface area contributed by atoms with Crippen LogP contribution in [0, 0.1) is 6.92 Å². The molecule has 104 valence electrons. The maximum Gasteiger partial charge on any atom is 0.242 e. The number of aliphatic hydroxyl groups is 1. The van der Waals surface area contributed by atoms with E-state index in [-0.39, 0.29) is 11.5 Å². The van der Waals surface area contributed by atoms with Gasteiger partial charge in [0, 0.05) is 15.3 Å². The van der Waals surface area contributed by atoms with Crippen LogP contribution in [0.1, 0.15) is 43.4 Å². The van der Waals surface area contributed by atoms with Gasteiger partial charge in [0.25, 0.3) is 0 Å². The fraction of sp³-hybridized carbons (Fsp3) is 0.667. The molecule has 0 bridgehead atoms. The second kappa shape index (κ2) is 5.69. The van der Waals surface area contributed by atoms with Crippen LogP contribution >= 0.6 is 11.3 Å². The first kappa shape index (κ1) is 15.6. The molecule has 0 saturated heterocycles. The highest BCUT2D eigenvalue weighted by molar-refractivity contribution is 7.89. The van der Waals surface area contributed by atoms with Crippen LogP contribution < -0.4 is 4.72 Å². The molecule has 1 aromatic rings. The summed E-state index contributed by atoms with van der Waals surface area (Å²) in [5, 5.41) is 9.05. The van der Waals surface area contributed by atoms with Crippen molar-refractivity contribution in [2.24, 2.45) is 0 Å².